The highest BCUT2D eigenvalue weighted by molar-refractivity contribution is 7.71. The van der Waals surface area contributed by atoms with E-state index in [0.717, 1.165) is 19.1 Å². The summed E-state index contributed by atoms with van der Waals surface area (Å²) in [6, 6.07) is 3.58. The molecule has 0 spiro atoms. The van der Waals surface area contributed by atoms with Crippen LogP contribution in [0.4, 0.5) is 4.39 Å². The van der Waals surface area contributed by atoms with Crippen LogP contribution >= 0.6 is 20.8 Å². The van der Waals surface area contributed by atoms with E-state index in [9.17, 15) is 4.79 Å². The monoisotopic (exact) mass is 572 g/mol. The Morgan fingerprint density at radius 2 is 1.79 bits per heavy atom. The number of benzene rings is 1. The van der Waals surface area contributed by atoms with Gasteiger partial charge in [-0.15, -0.1) is 0 Å². The van der Waals surface area contributed by atoms with Gasteiger partial charge in [0.15, 0.2) is 0 Å². The van der Waals surface area contributed by atoms with Crippen LogP contribution in [0.15, 0.2) is 23.1 Å². The number of aliphatic hydroxyl groups is 1. The minimum Gasteiger partial charge on any atom is -0.426 e. The Morgan fingerprint density at radius 3 is 2.37 bits per heavy atom. The third-order valence-electron chi connectivity index (χ3n) is 6.02. The minimum atomic E-state index is -1.70. The lowest BCUT2D eigenvalue weighted by Gasteiger charge is -2.33. The molecule has 0 radical (unpaired) electrons. The summed E-state index contributed by atoms with van der Waals surface area (Å²) in [5.41, 5.74) is 1.13. The highest BCUT2D eigenvalue weighted by Crippen LogP contribution is 2.52. The predicted molar refractivity (Wildman–Crippen MR) is 151 cm³/mol. The third-order valence-corrected chi connectivity index (χ3v) is 7.29. The van der Waals surface area contributed by atoms with Crippen molar-refractivity contribution in [2.75, 3.05) is 13.7 Å². The van der Waals surface area contributed by atoms with Crippen molar-refractivity contribution < 1.29 is 27.8 Å². The highest BCUT2D eigenvalue weighted by atomic mass is 32.1. The molecule has 3 heterocycles. The fourth-order valence-electron chi connectivity index (χ4n) is 4.13. The van der Waals surface area contributed by atoms with Crippen molar-refractivity contribution in [3.05, 3.63) is 56.0 Å². The number of H-pyrrole nitrogens is 1. The fourth-order valence-corrected chi connectivity index (χ4v) is 5.34. The second-order valence-electron chi connectivity index (χ2n) is 10.8. The molecule has 11 heteroatoms. The summed E-state index contributed by atoms with van der Waals surface area (Å²) in [6.45, 7) is 16.6. The van der Waals surface area contributed by atoms with Gasteiger partial charge in [0.25, 0.3) is 0 Å². The number of aromatic nitrogens is 2. The molecule has 214 valence electrons. The van der Waals surface area contributed by atoms with E-state index in [4.69, 9.17) is 35.6 Å². The summed E-state index contributed by atoms with van der Waals surface area (Å²) >= 11 is 4.99. The van der Waals surface area contributed by atoms with Crippen LogP contribution in [0.1, 0.15) is 91.1 Å². The second kappa shape index (κ2) is 13.6. The summed E-state index contributed by atoms with van der Waals surface area (Å²) in [7, 11) is -0.702. The summed E-state index contributed by atoms with van der Waals surface area (Å²) in [5, 5.41) is 7.00. The van der Waals surface area contributed by atoms with Crippen LogP contribution in [0.5, 0.6) is 5.75 Å². The highest BCUT2D eigenvalue weighted by Gasteiger charge is 2.36. The Hall–Kier alpha value is -1.68. The number of aromatic amines is 1. The number of nitrogens with one attached hydrogen (secondary N) is 1. The fraction of sp³-hybridized carbons (Fsp3) is 0.630. The van der Waals surface area contributed by atoms with Gasteiger partial charge in [0.05, 0.1) is 24.9 Å². The van der Waals surface area contributed by atoms with Gasteiger partial charge in [-0.1, -0.05) is 67.6 Å². The lowest BCUT2D eigenvalue weighted by atomic mass is 9.78. The van der Waals surface area contributed by atoms with Crippen LogP contribution < -0.4 is 10.2 Å². The maximum atomic E-state index is 15.4. The van der Waals surface area contributed by atoms with Gasteiger partial charge in [-0.05, 0) is 41.4 Å². The zero-order valence-corrected chi connectivity index (χ0v) is 25.6. The molecule has 2 aromatic rings. The number of hydrogen-bond acceptors (Lipinski definition) is 7. The van der Waals surface area contributed by atoms with Crippen LogP contribution in [-0.4, -0.2) is 34.5 Å². The smallest absolute Gasteiger partial charge is 0.397 e. The summed E-state index contributed by atoms with van der Waals surface area (Å²) < 4.78 is 41.1. The van der Waals surface area contributed by atoms with E-state index in [-0.39, 0.29) is 47.9 Å². The lowest BCUT2D eigenvalue weighted by molar-refractivity contribution is -0.0229. The first-order chi connectivity index (χ1) is 17.8. The predicted octanol–water partition coefficient (Wildman–Crippen LogP) is 6.80. The van der Waals surface area contributed by atoms with Gasteiger partial charge in [0.1, 0.15) is 22.4 Å². The van der Waals surface area contributed by atoms with E-state index in [1.807, 2.05) is 40.7 Å². The average Bonchev–Trinajstić information content (AvgIpc) is 3.32. The van der Waals surface area contributed by atoms with Crippen LogP contribution in [0.3, 0.4) is 0 Å². The summed E-state index contributed by atoms with van der Waals surface area (Å²) in [5.74, 6) is 0.242. The zero-order valence-electron chi connectivity index (χ0n) is 23.9. The number of aliphatic hydroxyl groups excluding tert-OH is 1. The maximum absolute atomic E-state index is 15.4. The van der Waals surface area contributed by atoms with Gasteiger partial charge in [0.2, 0.25) is 0 Å². The maximum Gasteiger partial charge on any atom is 0.397 e. The standard InChI is InChI=1S/C24H32FN2O5PS.C2H6.CH4O/c1-23(2,3)16-11-17(24(4,5)6)21-15(20(16)25)13-30-33(32-21)29-12-14-7-8-19(31-14)27-10-9-18(34)26-22(27)28;2*1-2/h9-11,14,19H,7-8,12-13H2,1-6H3,(H,26,28,34);1-2H3;2H,1H3. The Bertz CT molecular complexity index is 1190. The first kappa shape index (κ1) is 32.5. The van der Waals surface area contributed by atoms with Gasteiger partial charge in [0, 0.05) is 18.9 Å². The summed E-state index contributed by atoms with van der Waals surface area (Å²) in [4.78, 5) is 14.7. The molecule has 8 nitrogen and oxygen atoms in total. The molecule has 0 aliphatic carbocycles. The molecule has 2 N–H and O–H groups in total. The normalized spacial score (nSPS) is 20.9. The number of nitrogens with zero attached hydrogens (tertiary/aromatic N) is 1. The van der Waals surface area contributed by atoms with Crippen LogP contribution in [0.2, 0.25) is 0 Å². The molecule has 2 aliphatic rings. The minimum absolute atomic E-state index is 0.0900. The number of rotatable bonds is 4. The first-order valence-electron chi connectivity index (χ1n) is 12.9. The number of fused-ring (bicyclic) bond motifs is 1. The van der Waals surface area contributed by atoms with E-state index in [0.29, 0.717) is 27.9 Å². The Balaban J connectivity index is 0.00000121. The van der Waals surface area contributed by atoms with E-state index in [1.165, 1.54) is 4.57 Å². The van der Waals surface area contributed by atoms with Gasteiger partial charge in [-0.25, -0.2) is 9.18 Å². The van der Waals surface area contributed by atoms with Gasteiger partial charge in [-0.2, -0.15) is 0 Å². The molecule has 4 rings (SSSR count). The van der Waals surface area contributed by atoms with Crippen LogP contribution in [0, 0.1) is 10.5 Å². The van der Waals surface area contributed by atoms with Crippen molar-refractivity contribution >= 4 is 20.8 Å². The Kier molecular flexibility index (Phi) is 11.6. The van der Waals surface area contributed by atoms with Crippen LogP contribution in [0.25, 0.3) is 0 Å². The second-order valence-corrected chi connectivity index (χ2v) is 12.4. The SMILES string of the molecule is CC.CC(C)(C)c1cc(C(C)(C)C)c2c(c1F)COP(OCC1CCC(n3ccc(=S)[nH]c3=O)O1)O2.CO. The van der Waals surface area contributed by atoms with Gasteiger partial charge in [-0.3, -0.25) is 18.6 Å². The Morgan fingerprint density at radius 1 is 1.16 bits per heavy atom. The molecule has 2 aliphatic heterocycles. The molecule has 3 atom stereocenters. The van der Waals surface area contributed by atoms with Crippen molar-refractivity contribution in [1.82, 2.24) is 9.55 Å². The van der Waals surface area contributed by atoms with E-state index >= 15 is 4.39 Å². The van der Waals surface area contributed by atoms with Crippen molar-refractivity contribution in [2.45, 2.75) is 98.0 Å². The van der Waals surface area contributed by atoms with Crippen molar-refractivity contribution in [1.29, 1.82) is 0 Å². The largest absolute Gasteiger partial charge is 0.426 e. The lowest BCUT2D eigenvalue weighted by Crippen LogP contribution is -2.27. The number of hydrogen-bond donors (Lipinski definition) is 2. The molecule has 1 saturated heterocycles. The zero-order chi connectivity index (χ0) is 28.8. The van der Waals surface area contributed by atoms with Crippen LogP contribution in [-0.2, 0) is 31.2 Å². The number of halogens is 1. The molecule has 1 aromatic heterocycles. The molecular weight excluding hydrogens is 530 g/mol. The average molecular weight is 573 g/mol. The molecule has 0 amide bonds. The number of ether oxygens (including phenoxy) is 1. The van der Waals surface area contributed by atoms with Gasteiger partial charge >= 0.3 is 14.3 Å². The van der Waals surface area contributed by atoms with Crippen molar-refractivity contribution in [2.24, 2.45) is 0 Å². The molecule has 1 fully saturated rings. The molecular formula is C27H42FN2O6PS. The molecule has 3 unspecified atom stereocenters. The van der Waals surface area contributed by atoms with E-state index in [1.54, 1.807) is 12.3 Å². The van der Waals surface area contributed by atoms with E-state index in [2.05, 4.69) is 25.8 Å². The summed E-state index contributed by atoms with van der Waals surface area (Å²) in [6.07, 6.45) is 2.45. The molecule has 0 bridgehead atoms. The molecule has 1 aromatic carbocycles. The quantitative estimate of drug-likeness (QED) is 0.307. The molecule has 0 saturated carbocycles. The Labute approximate surface area is 231 Å². The molecule has 38 heavy (non-hydrogen) atoms. The van der Waals surface area contributed by atoms with E-state index < -0.39 is 8.60 Å². The van der Waals surface area contributed by atoms with Crippen molar-refractivity contribution in [3.8, 4) is 5.75 Å². The topological polar surface area (TPSA) is 94.9 Å². The van der Waals surface area contributed by atoms with Gasteiger partial charge < -0.3 is 14.4 Å². The van der Waals surface area contributed by atoms with Crippen molar-refractivity contribution in [3.63, 3.8) is 0 Å². The first-order valence-corrected chi connectivity index (χ1v) is 14.4. The third kappa shape index (κ3) is 7.71.